The van der Waals surface area contributed by atoms with Crippen molar-refractivity contribution in [2.24, 2.45) is 5.73 Å². The maximum atomic E-state index is 9.28. The van der Waals surface area contributed by atoms with Gasteiger partial charge >= 0.3 is 0 Å². The van der Waals surface area contributed by atoms with Crippen molar-refractivity contribution in [3.05, 3.63) is 36.5 Å². The van der Waals surface area contributed by atoms with Gasteiger partial charge in [0.1, 0.15) is 0 Å². The van der Waals surface area contributed by atoms with Gasteiger partial charge in [-0.2, -0.15) is 0 Å². The molecule has 0 aliphatic rings. The lowest BCUT2D eigenvalue weighted by atomic mass is 10.1. The van der Waals surface area contributed by atoms with Gasteiger partial charge in [-0.15, -0.1) is 0 Å². The molecule has 86 valence electrons. The Morgan fingerprint density at radius 2 is 2.27 bits per heavy atom. The summed E-state index contributed by atoms with van der Waals surface area (Å²) in [5, 5.41) is 12.5. The first-order valence-electron chi connectivity index (χ1n) is 5.21. The molecule has 2 unspecified atom stereocenters. The number of rotatable bonds is 7. The Morgan fingerprint density at radius 1 is 1.60 bits per heavy atom. The fourth-order valence-corrected chi connectivity index (χ4v) is 1.28. The first-order chi connectivity index (χ1) is 7.19. The molecule has 0 aliphatic heterocycles. The molecule has 0 saturated heterocycles. The minimum Gasteiger partial charge on any atom is -0.394 e. The summed E-state index contributed by atoms with van der Waals surface area (Å²) < 4.78 is 0. The molecule has 0 heterocycles. The Hall–Kier alpha value is -0.900. The van der Waals surface area contributed by atoms with Crippen molar-refractivity contribution in [2.45, 2.75) is 25.9 Å². The van der Waals surface area contributed by atoms with E-state index in [0.717, 1.165) is 5.57 Å². The molecule has 3 nitrogen and oxygen atoms in total. The SMILES string of the molecule is C=C/C=C(\C=C/C)C(CO)NC(C)CN. The third-order valence-electron chi connectivity index (χ3n) is 2.09. The third-order valence-corrected chi connectivity index (χ3v) is 2.09. The first-order valence-corrected chi connectivity index (χ1v) is 5.21. The highest BCUT2D eigenvalue weighted by molar-refractivity contribution is 5.28. The van der Waals surface area contributed by atoms with E-state index in [1.807, 2.05) is 32.1 Å². The Morgan fingerprint density at radius 3 is 2.67 bits per heavy atom. The lowest BCUT2D eigenvalue weighted by molar-refractivity contribution is 0.253. The van der Waals surface area contributed by atoms with Gasteiger partial charge in [0.05, 0.1) is 12.6 Å². The van der Waals surface area contributed by atoms with E-state index in [-0.39, 0.29) is 18.7 Å². The van der Waals surface area contributed by atoms with E-state index in [1.54, 1.807) is 6.08 Å². The van der Waals surface area contributed by atoms with E-state index >= 15 is 0 Å². The Balaban J connectivity index is 4.59. The van der Waals surface area contributed by atoms with Crippen molar-refractivity contribution in [3.63, 3.8) is 0 Å². The van der Waals surface area contributed by atoms with Crippen LogP contribution in [0.5, 0.6) is 0 Å². The van der Waals surface area contributed by atoms with Gasteiger partial charge in [0.2, 0.25) is 0 Å². The van der Waals surface area contributed by atoms with Gasteiger partial charge in [-0.05, 0) is 19.4 Å². The van der Waals surface area contributed by atoms with Crippen LogP contribution in [0.2, 0.25) is 0 Å². The Kier molecular flexibility index (Phi) is 7.91. The molecule has 0 aromatic carbocycles. The van der Waals surface area contributed by atoms with E-state index in [4.69, 9.17) is 5.73 Å². The average Bonchev–Trinajstić information content (AvgIpc) is 2.25. The summed E-state index contributed by atoms with van der Waals surface area (Å²) in [6, 6.07) is 0.0957. The van der Waals surface area contributed by atoms with Gasteiger partial charge in [0.15, 0.2) is 0 Å². The lowest BCUT2D eigenvalue weighted by Crippen LogP contribution is -2.43. The van der Waals surface area contributed by atoms with Crippen LogP contribution in [0.4, 0.5) is 0 Å². The van der Waals surface area contributed by atoms with Crippen molar-refractivity contribution >= 4 is 0 Å². The quantitative estimate of drug-likeness (QED) is 0.549. The van der Waals surface area contributed by atoms with Crippen LogP contribution in [0.15, 0.2) is 36.5 Å². The topological polar surface area (TPSA) is 58.3 Å². The molecular weight excluding hydrogens is 188 g/mol. The van der Waals surface area contributed by atoms with Crippen LogP contribution in [0, 0.1) is 0 Å². The van der Waals surface area contributed by atoms with Crippen molar-refractivity contribution in [3.8, 4) is 0 Å². The highest BCUT2D eigenvalue weighted by Gasteiger charge is 2.12. The fraction of sp³-hybridized carbons (Fsp3) is 0.500. The summed E-state index contributed by atoms with van der Waals surface area (Å²) in [5.41, 5.74) is 6.53. The number of allylic oxidation sites excluding steroid dienone is 3. The number of hydrogen-bond acceptors (Lipinski definition) is 3. The van der Waals surface area contributed by atoms with Gasteiger partial charge in [-0.3, -0.25) is 0 Å². The highest BCUT2D eigenvalue weighted by atomic mass is 16.3. The van der Waals surface area contributed by atoms with Crippen molar-refractivity contribution < 1.29 is 5.11 Å². The first kappa shape index (κ1) is 14.1. The van der Waals surface area contributed by atoms with Crippen LogP contribution >= 0.6 is 0 Å². The van der Waals surface area contributed by atoms with Crippen molar-refractivity contribution in [1.29, 1.82) is 0 Å². The minimum absolute atomic E-state index is 0.0500. The molecule has 0 fully saturated rings. The molecule has 0 aliphatic carbocycles. The summed E-state index contributed by atoms with van der Waals surface area (Å²) in [4.78, 5) is 0. The zero-order chi connectivity index (χ0) is 11.7. The van der Waals surface area contributed by atoms with Crippen LogP contribution in [-0.4, -0.2) is 30.3 Å². The van der Waals surface area contributed by atoms with E-state index in [1.165, 1.54) is 0 Å². The molecule has 4 N–H and O–H groups in total. The lowest BCUT2D eigenvalue weighted by Gasteiger charge is -2.21. The van der Waals surface area contributed by atoms with Crippen LogP contribution in [0.25, 0.3) is 0 Å². The molecule has 2 atom stereocenters. The van der Waals surface area contributed by atoms with Gasteiger partial charge < -0.3 is 16.2 Å². The van der Waals surface area contributed by atoms with Gasteiger partial charge in [-0.1, -0.05) is 30.9 Å². The molecule has 0 aromatic rings. The molecule has 0 rings (SSSR count). The Labute approximate surface area is 92.4 Å². The predicted octanol–water partition coefficient (Wildman–Crippen LogP) is 0.973. The molecule has 0 aromatic heterocycles. The number of nitrogens with one attached hydrogen (secondary N) is 1. The zero-order valence-corrected chi connectivity index (χ0v) is 9.61. The molecule has 15 heavy (non-hydrogen) atoms. The van der Waals surface area contributed by atoms with Crippen LogP contribution < -0.4 is 11.1 Å². The summed E-state index contributed by atoms with van der Waals surface area (Å²) in [6.45, 7) is 8.19. The predicted molar refractivity (Wildman–Crippen MR) is 65.6 cm³/mol. The Bertz CT molecular complexity index is 234. The highest BCUT2D eigenvalue weighted by Crippen LogP contribution is 2.05. The summed E-state index contributed by atoms with van der Waals surface area (Å²) in [6.07, 6.45) is 7.50. The third kappa shape index (κ3) is 5.52. The molecule has 0 radical (unpaired) electrons. The maximum absolute atomic E-state index is 9.28. The maximum Gasteiger partial charge on any atom is 0.0626 e. The second-order valence-corrected chi connectivity index (χ2v) is 3.44. The molecular formula is C12H22N2O. The normalized spacial score (nSPS) is 16.7. The van der Waals surface area contributed by atoms with Gasteiger partial charge in [-0.25, -0.2) is 0 Å². The van der Waals surface area contributed by atoms with Crippen molar-refractivity contribution in [1.82, 2.24) is 5.32 Å². The van der Waals surface area contributed by atoms with Gasteiger partial charge in [0.25, 0.3) is 0 Å². The number of hydrogen-bond donors (Lipinski definition) is 3. The van der Waals surface area contributed by atoms with Crippen molar-refractivity contribution in [2.75, 3.05) is 13.2 Å². The largest absolute Gasteiger partial charge is 0.394 e. The smallest absolute Gasteiger partial charge is 0.0626 e. The molecule has 0 spiro atoms. The minimum atomic E-state index is -0.0854. The van der Waals surface area contributed by atoms with E-state index in [9.17, 15) is 5.11 Å². The number of nitrogens with two attached hydrogens (primary N) is 1. The average molecular weight is 210 g/mol. The summed E-state index contributed by atoms with van der Waals surface area (Å²) in [5.74, 6) is 0. The van der Waals surface area contributed by atoms with Crippen LogP contribution in [0.1, 0.15) is 13.8 Å². The van der Waals surface area contributed by atoms with E-state index in [0.29, 0.717) is 6.54 Å². The van der Waals surface area contributed by atoms with Crippen LogP contribution in [0.3, 0.4) is 0 Å². The molecule has 0 saturated carbocycles. The number of aliphatic hydroxyl groups is 1. The molecule has 0 amide bonds. The van der Waals surface area contributed by atoms with E-state index < -0.39 is 0 Å². The molecule has 3 heteroatoms. The summed E-state index contributed by atoms with van der Waals surface area (Å²) >= 11 is 0. The van der Waals surface area contributed by atoms with Crippen LogP contribution in [-0.2, 0) is 0 Å². The monoisotopic (exact) mass is 210 g/mol. The zero-order valence-electron chi connectivity index (χ0n) is 9.61. The second-order valence-electron chi connectivity index (χ2n) is 3.44. The summed E-state index contributed by atoms with van der Waals surface area (Å²) in [7, 11) is 0. The number of aliphatic hydroxyl groups excluding tert-OH is 1. The second kappa shape index (κ2) is 8.41. The standard InChI is InChI=1S/C12H22N2O/c1-4-6-11(7-5-2)12(9-15)14-10(3)8-13/h4-7,10,12,14-15H,1,8-9,13H2,2-3H3/b7-5-,11-6+. The molecule has 0 bridgehead atoms. The van der Waals surface area contributed by atoms with E-state index in [2.05, 4.69) is 11.9 Å². The fourth-order valence-electron chi connectivity index (χ4n) is 1.28. The van der Waals surface area contributed by atoms with Gasteiger partial charge in [0, 0.05) is 12.6 Å².